The Bertz CT molecular complexity index is 1070. The van der Waals surface area contributed by atoms with Gasteiger partial charge in [-0.15, -0.1) is 0 Å². The second-order valence-electron chi connectivity index (χ2n) is 8.45. The second kappa shape index (κ2) is 7.30. The number of carbonyl (C=O) groups is 1. The number of benzene rings is 2. The maximum atomic E-state index is 12.7. The van der Waals surface area contributed by atoms with Crippen LogP contribution in [0.5, 0.6) is 0 Å². The minimum atomic E-state index is 0.128. The Morgan fingerprint density at radius 1 is 1.00 bits per heavy atom. The van der Waals surface area contributed by atoms with E-state index in [0.29, 0.717) is 10.9 Å². The maximum absolute atomic E-state index is 12.7. The van der Waals surface area contributed by atoms with Crippen molar-refractivity contribution in [1.29, 1.82) is 0 Å². The zero-order valence-electron chi connectivity index (χ0n) is 16.0. The van der Waals surface area contributed by atoms with E-state index in [1.54, 1.807) is 12.1 Å². The third-order valence-electron chi connectivity index (χ3n) is 6.78. The average Bonchev–Trinajstić information content (AvgIpc) is 3.43. The van der Waals surface area contributed by atoms with Crippen LogP contribution in [0.15, 0.2) is 54.7 Å². The molecule has 2 fully saturated rings. The highest BCUT2D eigenvalue weighted by molar-refractivity contribution is 6.31. The molecule has 2 aliphatic carbocycles. The number of aromatic nitrogens is 1. The summed E-state index contributed by atoms with van der Waals surface area (Å²) in [5.74, 6) is 0.778. The van der Waals surface area contributed by atoms with Crippen molar-refractivity contribution in [2.75, 3.05) is 5.32 Å². The lowest BCUT2D eigenvalue weighted by Crippen LogP contribution is -2.22. The normalized spacial score (nSPS) is 25.9. The van der Waals surface area contributed by atoms with Crippen LogP contribution in [0.25, 0.3) is 10.9 Å². The number of nitrogens with zero attached hydrogens (tertiary/aromatic N) is 1. The van der Waals surface area contributed by atoms with Crippen molar-refractivity contribution in [2.45, 2.75) is 38.0 Å². The molecule has 3 aromatic rings. The summed E-state index contributed by atoms with van der Waals surface area (Å²) in [5.41, 5.74) is 3.34. The minimum absolute atomic E-state index is 0.128. The number of anilines is 1. The van der Waals surface area contributed by atoms with E-state index in [9.17, 15) is 4.79 Å². The Morgan fingerprint density at radius 2 is 1.72 bits per heavy atom. The van der Waals surface area contributed by atoms with Gasteiger partial charge in [-0.2, -0.15) is 0 Å². The lowest BCUT2D eigenvalue weighted by molar-refractivity contribution is -0.118. The maximum Gasteiger partial charge on any atom is 0.228 e. The standard InChI is InChI=1S/C24H22Cl2N2O/c25-16-1-4-18(5-2-16)28-23(29)21-14-24(21)10-7-15(8-11-24)19-9-12-27-22-6-3-17(26)13-20(19)22/h1-6,9,12-13,15,21H,7-8,10-11,14H2,(H,28,29)/t15?,21-,24?/m1/s1. The zero-order valence-corrected chi connectivity index (χ0v) is 17.5. The Kier molecular flexibility index (Phi) is 4.76. The van der Waals surface area contributed by atoms with Crippen molar-refractivity contribution < 1.29 is 4.79 Å². The molecule has 0 unspecified atom stereocenters. The van der Waals surface area contributed by atoms with Gasteiger partial charge in [0.1, 0.15) is 0 Å². The molecule has 0 aliphatic heterocycles. The number of carbonyl (C=O) groups excluding carboxylic acids is 1. The number of pyridine rings is 1. The molecule has 2 aliphatic rings. The zero-order chi connectivity index (χ0) is 20.0. The molecular formula is C24H22Cl2N2O. The van der Waals surface area contributed by atoms with Gasteiger partial charge in [0.2, 0.25) is 5.91 Å². The number of halogens is 2. The predicted octanol–water partition coefficient (Wildman–Crippen LogP) is 6.84. The lowest BCUT2D eigenvalue weighted by Gasteiger charge is -2.30. The molecule has 0 radical (unpaired) electrons. The number of hydrogen-bond acceptors (Lipinski definition) is 2. The third kappa shape index (κ3) is 3.62. The van der Waals surface area contributed by atoms with Crippen LogP contribution >= 0.6 is 23.2 Å². The SMILES string of the molecule is O=C(Nc1ccc(Cl)cc1)[C@H]1CC12CCC(c1ccnc3ccc(Cl)cc13)CC2. The molecular weight excluding hydrogens is 403 g/mol. The third-order valence-corrected chi connectivity index (χ3v) is 7.26. The molecule has 1 N–H and O–H groups in total. The van der Waals surface area contributed by atoms with Gasteiger partial charge in [0, 0.05) is 33.2 Å². The topological polar surface area (TPSA) is 42.0 Å². The highest BCUT2D eigenvalue weighted by Crippen LogP contribution is 2.63. The fraction of sp³-hybridized carbons (Fsp3) is 0.333. The van der Waals surface area contributed by atoms with Crippen LogP contribution < -0.4 is 5.32 Å². The molecule has 1 spiro atoms. The highest BCUT2D eigenvalue weighted by atomic mass is 35.5. The van der Waals surface area contributed by atoms with Crippen LogP contribution in [-0.4, -0.2) is 10.9 Å². The fourth-order valence-corrected chi connectivity index (χ4v) is 5.33. The first kappa shape index (κ1) is 18.9. The van der Waals surface area contributed by atoms with Gasteiger partial charge in [-0.25, -0.2) is 0 Å². The number of fused-ring (bicyclic) bond motifs is 1. The molecule has 5 heteroatoms. The van der Waals surface area contributed by atoms with Crippen LogP contribution in [0.2, 0.25) is 10.0 Å². The monoisotopic (exact) mass is 424 g/mol. The molecule has 5 rings (SSSR count). The fourth-order valence-electron chi connectivity index (χ4n) is 5.03. The van der Waals surface area contributed by atoms with Crippen LogP contribution in [-0.2, 0) is 4.79 Å². The van der Waals surface area contributed by atoms with Crippen molar-refractivity contribution in [3.63, 3.8) is 0 Å². The summed E-state index contributed by atoms with van der Waals surface area (Å²) in [6.07, 6.45) is 7.31. The Hall–Kier alpha value is -2.10. The minimum Gasteiger partial charge on any atom is -0.326 e. The molecule has 1 heterocycles. The average molecular weight is 425 g/mol. The first-order valence-electron chi connectivity index (χ1n) is 10.1. The highest BCUT2D eigenvalue weighted by Gasteiger charge is 2.58. The van der Waals surface area contributed by atoms with E-state index < -0.39 is 0 Å². The van der Waals surface area contributed by atoms with Gasteiger partial charge in [-0.1, -0.05) is 23.2 Å². The van der Waals surface area contributed by atoms with Gasteiger partial charge < -0.3 is 5.32 Å². The van der Waals surface area contributed by atoms with Crippen molar-refractivity contribution in [3.05, 3.63) is 70.3 Å². The van der Waals surface area contributed by atoms with E-state index in [2.05, 4.69) is 16.4 Å². The van der Waals surface area contributed by atoms with E-state index in [4.69, 9.17) is 23.2 Å². The summed E-state index contributed by atoms with van der Waals surface area (Å²) in [6, 6.07) is 15.4. The first-order chi connectivity index (χ1) is 14.0. The number of hydrogen-bond donors (Lipinski definition) is 1. The van der Waals surface area contributed by atoms with Crippen LogP contribution in [0.4, 0.5) is 5.69 Å². The summed E-state index contributed by atoms with van der Waals surface area (Å²) in [4.78, 5) is 17.2. The molecule has 1 aromatic heterocycles. The molecule has 2 aromatic carbocycles. The first-order valence-corrected chi connectivity index (χ1v) is 10.9. The van der Waals surface area contributed by atoms with E-state index in [-0.39, 0.29) is 17.2 Å². The Balaban J connectivity index is 1.26. The summed E-state index contributed by atoms with van der Waals surface area (Å²) in [6.45, 7) is 0. The van der Waals surface area contributed by atoms with Crippen molar-refractivity contribution in [1.82, 2.24) is 4.98 Å². The van der Waals surface area contributed by atoms with Crippen molar-refractivity contribution in [3.8, 4) is 0 Å². The van der Waals surface area contributed by atoms with Crippen molar-refractivity contribution in [2.24, 2.45) is 11.3 Å². The summed E-state index contributed by atoms with van der Waals surface area (Å²) < 4.78 is 0. The van der Waals surface area contributed by atoms with Gasteiger partial charge in [0.25, 0.3) is 0 Å². The molecule has 0 bridgehead atoms. The number of nitrogens with one attached hydrogen (secondary N) is 1. The number of rotatable bonds is 3. The Labute approximate surface area is 180 Å². The van der Waals surface area contributed by atoms with Crippen LogP contribution in [0, 0.1) is 11.3 Å². The quantitative estimate of drug-likeness (QED) is 0.499. The van der Waals surface area contributed by atoms with Crippen LogP contribution in [0.3, 0.4) is 0 Å². The summed E-state index contributed by atoms with van der Waals surface area (Å²) in [7, 11) is 0. The Morgan fingerprint density at radius 3 is 2.48 bits per heavy atom. The molecule has 3 nitrogen and oxygen atoms in total. The summed E-state index contributed by atoms with van der Waals surface area (Å²) >= 11 is 12.2. The van der Waals surface area contributed by atoms with Gasteiger partial charge in [-0.3, -0.25) is 9.78 Å². The van der Waals surface area contributed by atoms with E-state index in [1.807, 2.05) is 36.5 Å². The lowest BCUT2D eigenvalue weighted by atomic mass is 9.75. The van der Waals surface area contributed by atoms with Crippen molar-refractivity contribution >= 4 is 45.7 Å². The molecule has 1 atom stereocenters. The molecule has 29 heavy (non-hydrogen) atoms. The van der Waals surface area contributed by atoms with Crippen LogP contribution in [0.1, 0.15) is 43.6 Å². The smallest absolute Gasteiger partial charge is 0.228 e. The molecule has 0 saturated heterocycles. The van der Waals surface area contributed by atoms with Gasteiger partial charge >= 0.3 is 0 Å². The molecule has 2 saturated carbocycles. The van der Waals surface area contributed by atoms with Gasteiger partial charge in [0.15, 0.2) is 0 Å². The van der Waals surface area contributed by atoms with E-state index in [0.717, 1.165) is 53.7 Å². The van der Waals surface area contributed by atoms with E-state index in [1.165, 1.54) is 5.56 Å². The van der Waals surface area contributed by atoms with E-state index >= 15 is 0 Å². The summed E-state index contributed by atoms with van der Waals surface area (Å²) in [5, 5.41) is 5.64. The second-order valence-corrected chi connectivity index (χ2v) is 9.32. The molecule has 1 amide bonds. The van der Waals surface area contributed by atoms with Gasteiger partial charge in [-0.05, 0) is 97.5 Å². The predicted molar refractivity (Wildman–Crippen MR) is 119 cm³/mol. The van der Waals surface area contributed by atoms with Gasteiger partial charge in [0.05, 0.1) is 5.52 Å². The largest absolute Gasteiger partial charge is 0.326 e. The number of amides is 1. The molecule has 148 valence electrons.